The Hall–Kier alpha value is -1.13. The summed E-state index contributed by atoms with van der Waals surface area (Å²) in [4.78, 5) is 2.53. The maximum Gasteiger partial charge on any atom is 0.417 e. The zero-order chi connectivity index (χ0) is 25.0. The summed E-state index contributed by atoms with van der Waals surface area (Å²) in [6.45, 7) is 6.12. The minimum Gasteiger partial charge on any atom is -0.380 e. The van der Waals surface area contributed by atoms with E-state index in [2.05, 4.69) is 29.5 Å². The van der Waals surface area contributed by atoms with Gasteiger partial charge in [0.2, 0.25) is 0 Å². The summed E-state index contributed by atoms with van der Waals surface area (Å²) < 4.78 is 65.2. The van der Waals surface area contributed by atoms with Crippen LogP contribution in [0.2, 0.25) is 0 Å². The topological polar surface area (TPSA) is 75.4 Å². The molecule has 0 aromatic carbocycles. The predicted octanol–water partition coefficient (Wildman–Crippen LogP) is 4.03. The van der Waals surface area contributed by atoms with Crippen molar-refractivity contribution in [2.75, 3.05) is 24.6 Å². The summed E-state index contributed by atoms with van der Waals surface area (Å²) in [5.74, 6) is 2.37. The molecule has 35 heavy (non-hydrogen) atoms. The second kappa shape index (κ2) is 7.69. The molecule has 0 bridgehead atoms. The molecule has 196 valence electrons. The highest BCUT2D eigenvalue weighted by Crippen LogP contribution is 2.65. The number of nitrogens with zero attached hydrogens (tertiary/aromatic N) is 3. The second-order valence-electron chi connectivity index (χ2n) is 12.6. The quantitative estimate of drug-likeness (QED) is 0.656. The summed E-state index contributed by atoms with van der Waals surface area (Å²) in [5.41, 5.74) is -0.447. The van der Waals surface area contributed by atoms with Crippen LogP contribution in [0.1, 0.15) is 88.1 Å². The number of halogens is 3. The van der Waals surface area contributed by atoms with Crippen LogP contribution < -0.4 is 0 Å². The maximum atomic E-state index is 13.2. The summed E-state index contributed by atoms with van der Waals surface area (Å²) in [7, 11) is -2.81. The van der Waals surface area contributed by atoms with Crippen LogP contribution in [0.3, 0.4) is 0 Å². The Balaban J connectivity index is 1.11. The minimum absolute atomic E-state index is 0.00838. The van der Waals surface area contributed by atoms with Crippen molar-refractivity contribution in [1.29, 1.82) is 0 Å². The van der Waals surface area contributed by atoms with Crippen LogP contribution in [-0.2, 0) is 9.84 Å². The molecule has 3 heterocycles. The van der Waals surface area contributed by atoms with Crippen molar-refractivity contribution in [3.63, 3.8) is 0 Å². The Morgan fingerprint density at radius 1 is 1.11 bits per heavy atom. The van der Waals surface area contributed by atoms with Gasteiger partial charge in [-0.05, 0) is 83.2 Å². The Morgan fingerprint density at radius 2 is 1.74 bits per heavy atom. The molecule has 10 heteroatoms. The zero-order valence-corrected chi connectivity index (χ0v) is 21.3. The molecule has 1 N–H and O–H groups in total. The Bertz CT molecular complexity index is 1080. The van der Waals surface area contributed by atoms with Crippen LogP contribution >= 0.6 is 0 Å². The van der Waals surface area contributed by atoms with E-state index < -0.39 is 21.6 Å². The van der Waals surface area contributed by atoms with Gasteiger partial charge >= 0.3 is 6.18 Å². The lowest BCUT2D eigenvalue weighted by Gasteiger charge is -2.38. The first-order valence-corrected chi connectivity index (χ1v) is 14.9. The van der Waals surface area contributed by atoms with Gasteiger partial charge in [0.15, 0.2) is 15.4 Å². The largest absolute Gasteiger partial charge is 0.417 e. The van der Waals surface area contributed by atoms with Crippen LogP contribution in [0.4, 0.5) is 13.2 Å². The third-order valence-electron chi connectivity index (χ3n) is 9.83. The van der Waals surface area contributed by atoms with Crippen LogP contribution in [0, 0.1) is 17.3 Å². The van der Waals surface area contributed by atoms with E-state index in [1.54, 1.807) is 0 Å². The lowest BCUT2D eigenvalue weighted by atomic mass is 9.77. The van der Waals surface area contributed by atoms with Crippen LogP contribution in [0.25, 0.3) is 0 Å². The van der Waals surface area contributed by atoms with Gasteiger partial charge in [-0.15, -0.1) is 0 Å². The van der Waals surface area contributed by atoms with E-state index in [0.717, 1.165) is 38.0 Å². The van der Waals surface area contributed by atoms with Gasteiger partial charge in [0, 0.05) is 41.6 Å². The van der Waals surface area contributed by atoms with Crippen molar-refractivity contribution in [2.24, 2.45) is 17.3 Å². The fraction of sp³-hybridized carbons (Fsp3) is 0.880. The Kier molecular flexibility index (Phi) is 5.32. The maximum absolute atomic E-state index is 13.2. The van der Waals surface area contributed by atoms with E-state index in [0.29, 0.717) is 48.1 Å². The molecule has 1 aromatic rings. The Morgan fingerprint density at radius 3 is 2.29 bits per heavy atom. The molecule has 6 nitrogen and oxygen atoms in total. The third kappa shape index (κ3) is 3.97. The monoisotopic (exact) mass is 515 g/mol. The minimum atomic E-state index is -4.58. The van der Waals surface area contributed by atoms with E-state index in [-0.39, 0.29) is 30.2 Å². The van der Waals surface area contributed by atoms with Gasteiger partial charge in [0.1, 0.15) is 0 Å². The molecular weight excluding hydrogens is 479 g/mol. The first-order valence-electron chi connectivity index (χ1n) is 13.1. The van der Waals surface area contributed by atoms with Crippen molar-refractivity contribution in [1.82, 2.24) is 14.7 Å². The number of aliphatic hydroxyl groups is 1. The fourth-order valence-corrected chi connectivity index (χ4v) is 10.2. The smallest absolute Gasteiger partial charge is 0.380 e. The molecule has 0 unspecified atom stereocenters. The average molecular weight is 516 g/mol. The molecule has 1 spiro atoms. The highest BCUT2D eigenvalue weighted by Gasteiger charge is 2.61. The van der Waals surface area contributed by atoms with Gasteiger partial charge in [-0.1, -0.05) is 0 Å². The van der Waals surface area contributed by atoms with Crippen molar-refractivity contribution < 1.29 is 26.7 Å². The number of rotatable bonds is 4. The van der Waals surface area contributed by atoms with E-state index in [1.165, 1.54) is 5.69 Å². The molecule has 6 rings (SSSR count). The molecule has 0 amide bonds. The van der Waals surface area contributed by atoms with Gasteiger partial charge in [0.05, 0.1) is 17.2 Å². The van der Waals surface area contributed by atoms with Crippen LogP contribution in [0.15, 0.2) is 6.07 Å². The first kappa shape index (κ1) is 24.2. The SMILES string of the molecule is CC(C)n1nc([C@H]2CC[C@](O)(C(F)(F)F)CC2)cc1[C@H]1[C@@H]2C[C@@H](N3CCC4(C3)CS(=O)(=O)C4)C[C@@H]21. The molecule has 5 fully saturated rings. The number of sulfone groups is 1. The highest BCUT2D eigenvalue weighted by molar-refractivity contribution is 7.92. The van der Waals surface area contributed by atoms with E-state index in [9.17, 15) is 26.7 Å². The van der Waals surface area contributed by atoms with Gasteiger partial charge in [-0.3, -0.25) is 9.58 Å². The van der Waals surface area contributed by atoms with Gasteiger partial charge in [-0.2, -0.15) is 18.3 Å². The lowest BCUT2D eigenvalue weighted by Crippen LogP contribution is -2.50. The summed E-state index contributed by atoms with van der Waals surface area (Å²) in [6.07, 6.45) is -1.23. The zero-order valence-electron chi connectivity index (χ0n) is 20.5. The number of aromatic nitrogens is 2. The third-order valence-corrected chi connectivity index (χ3v) is 11.9. The summed E-state index contributed by atoms with van der Waals surface area (Å²) in [5, 5.41) is 14.9. The molecule has 2 saturated heterocycles. The van der Waals surface area contributed by atoms with Crippen molar-refractivity contribution in [3.8, 4) is 0 Å². The number of alkyl halides is 3. The molecule has 3 saturated carbocycles. The fourth-order valence-electron chi connectivity index (χ4n) is 7.92. The normalized spacial score (nSPS) is 40.3. The van der Waals surface area contributed by atoms with Gasteiger partial charge < -0.3 is 5.11 Å². The standard InChI is InChI=1S/C25H36F3N3O3S/c1-15(2)31-21(11-20(29-31)16-3-5-24(32,6-4-16)25(26,27)28)22-18-9-17(10-19(18)22)30-8-7-23(12-30)13-35(33,34)14-23/h11,15-19,22,32H,3-10,12-14H2,1-2H3/t16-,17-,18-,19+,22+,24+. The number of hydrogen-bond donors (Lipinski definition) is 1. The molecule has 5 aliphatic rings. The number of likely N-dealkylation sites (tertiary alicyclic amines) is 1. The molecule has 1 aromatic heterocycles. The van der Waals surface area contributed by atoms with Crippen LogP contribution in [0.5, 0.6) is 0 Å². The van der Waals surface area contributed by atoms with Crippen molar-refractivity contribution in [2.45, 2.75) is 94.5 Å². The van der Waals surface area contributed by atoms with Gasteiger partial charge in [-0.25, -0.2) is 8.42 Å². The predicted molar refractivity (Wildman–Crippen MR) is 125 cm³/mol. The molecule has 4 atom stereocenters. The van der Waals surface area contributed by atoms with Gasteiger partial charge in [0.25, 0.3) is 0 Å². The summed E-state index contributed by atoms with van der Waals surface area (Å²) in [6, 6.07) is 2.87. The van der Waals surface area contributed by atoms with Crippen molar-refractivity contribution >= 4 is 9.84 Å². The molecule has 0 radical (unpaired) electrons. The second-order valence-corrected chi connectivity index (χ2v) is 14.6. The van der Waals surface area contributed by atoms with E-state index in [4.69, 9.17) is 5.10 Å². The highest BCUT2D eigenvalue weighted by atomic mass is 32.2. The summed E-state index contributed by atoms with van der Waals surface area (Å²) >= 11 is 0. The number of fused-ring (bicyclic) bond motifs is 1. The number of hydrogen-bond acceptors (Lipinski definition) is 5. The Labute approximate surface area is 205 Å². The van der Waals surface area contributed by atoms with Crippen LogP contribution in [-0.4, -0.2) is 70.6 Å². The van der Waals surface area contributed by atoms with E-state index in [1.807, 2.05) is 0 Å². The molecule has 2 aliphatic heterocycles. The first-order chi connectivity index (χ1) is 16.3. The van der Waals surface area contributed by atoms with E-state index >= 15 is 0 Å². The van der Waals surface area contributed by atoms with Crippen molar-refractivity contribution in [3.05, 3.63) is 17.5 Å². The molecule has 3 aliphatic carbocycles. The lowest BCUT2D eigenvalue weighted by molar-refractivity contribution is -0.270. The average Bonchev–Trinajstić information content (AvgIpc) is 3.18. The molecular formula is C25H36F3N3O3S.